The van der Waals surface area contributed by atoms with Gasteiger partial charge in [-0.2, -0.15) is 0 Å². The Bertz CT molecular complexity index is 537. The molecule has 0 aromatic heterocycles. The summed E-state index contributed by atoms with van der Waals surface area (Å²) in [5, 5.41) is 0. The van der Waals surface area contributed by atoms with Crippen molar-refractivity contribution in [2.24, 2.45) is 16.6 Å². The second-order valence-corrected chi connectivity index (χ2v) is 5.55. The molecule has 1 aliphatic heterocycles. The first-order valence-corrected chi connectivity index (χ1v) is 6.39. The molecule has 18 heavy (non-hydrogen) atoms. The number of ether oxygens (including phenoxy) is 1. The second kappa shape index (κ2) is 3.91. The average Bonchev–Trinajstić information content (AvgIpc) is 3.10. The van der Waals surface area contributed by atoms with Gasteiger partial charge in [0.2, 0.25) is 0 Å². The molecule has 2 N–H and O–H groups in total. The van der Waals surface area contributed by atoms with E-state index in [1.807, 2.05) is 0 Å². The maximum atomic E-state index is 14.0. The van der Waals surface area contributed by atoms with E-state index in [9.17, 15) is 8.78 Å². The Morgan fingerprint density at radius 2 is 2.33 bits per heavy atom. The zero-order valence-electron chi connectivity index (χ0n) is 9.37. The normalized spacial score (nSPS) is 33.4. The monoisotopic (exact) mass is 316 g/mol. The average molecular weight is 317 g/mol. The van der Waals surface area contributed by atoms with Crippen LogP contribution in [0.15, 0.2) is 27.7 Å². The number of nitrogens with zero attached hydrogens (tertiary/aromatic N) is 1. The van der Waals surface area contributed by atoms with E-state index in [0.717, 1.165) is 0 Å². The second-order valence-electron chi connectivity index (χ2n) is 4.63. The van der Waals surface area contributed by atoms with Gasteiger partial charge in [0, 0.05) is 16.0 Å². The summed E-state index contributed by atoms with van der Waals surface area (Å²) < 4.78 is 33.5. The topological polar surface area (TPSA) is 47.6 Å². The molecule has 1 saturated carbocycles. The first-order valence-electron chi connectivity index (χ1n) is 5.60. The number of benzene rings is 1. The minimum Gasteiger partial charge on any atom is -0.462 e. The Hall–Kier alpha value is -1.17. The van der Waals surface area contributed by atoms with Crippen LogP contribution in [0.5, 0.6) is 0 Å². The van der Waals surface area contributed by atoms with Crippen molar-refractivity contribution in [3.05, 3.63) is 34.1 Å². The van der Waals surface area contributed by atoms with E-state index in [-0.39, 0.29) is 23.6 Å². The highest BCUT2D eigenvalue weighted by molar-refractivity contribution is 9.10. The number of halogens is 3. The van der Waals surface area contributed by atoms with Gasteiger partial charge in [-0.3, -0.25) is 0 Å². The van der Waals surface area contributed by atoms with Gasteiger partial charge in [0.1, 0.15) is 24.1 Å². The zero-order valence-corrected chi connectivity index (χ0v) is 11.0. The van der Waals surface area contributed by atoms with Gasteiger partial charge >= 0.3 is 0 Å². The molecule has 3 atom stereocenters. The molecule has 3 rings (SSSR count). The van der Waals surface area contributed by atoms with E-state index < -0.39 is 18.0 Å². The van der Waals surface area contributed by atoms with E-state index >= 15 is 0 Å². The number of alkyl halides is 1. The fourth-order valence-electron chi connectivity index (χ4n) is 2.56. The summed E-state index contributed by atoms with van der Waals surface area (Å²) in [6.07, 6.45) is 0.511. The summed E-state index contributed by atoms with van der Waals surface area (Å²) in [4.78, 5) is 4.06. The lowest BCUT2D eigenvalue weighted by Crippen LogP contribution is -2.39. The van der Waals surface area contributed by atoms with Crippen molar-refractivity contribution in [1.82, 2.24) is 0 Å². The molecule has 1 fully saturated rings. The van der Waals surface area contributed by atoms with Crippen molar-refractivity contribution >= 4 is 22.0 Å². The molecule has 96 valence electrons. The van der Waals surface area contributed by atoms with E-state index in [1.54, 1.807) is 12.1 Å². The summed E-state index contributed by atoms with van der Waals surface area (Å²) in [5.41, 5.74) is 4.55. The minimum atomic E-state index is -1.24. The smallest absolute Gasteiger partial charge is 0.283 e. The molecule has 0 saturated heterocycles. The molecule has 0 radical (unpaired) electrons. The Kier molecular flexibility index (Phi) is 2.59. The molecule has 2 aliphatic rings. The Morgan fingerprint density at radius 1 is 1.56 bits per heavy atom. The summed E-state index contributed by atoms with van der Waals surface area (Å²) in [6.45, 7) is -0.786. The lowest BCUT2D eigenvalue weighted by atomic mass is 9.86. The summed E-state index contributed by atoms with van der Waals surface area (Å²) in [7, 11) is 0. The molecule has 6 heteroatoms. The van der Waals surface area contributed by atoms with Crippen molar-refractivity contribution < 1.29 is 13.5 Å². The lowest BCUT2D eigenvalue weighted by molar-refractivity contribution is 0.168. The number of hydrogen-bond acceptors (Lipinski definition) is 3. The predicted molar refractivity (Wildman–Crippen MR) is 66.4 cm³/mol. The molecular formula is C12H11BrF2N2O. The third-order valence-corrected chi connectivity index (χ3v) is 4.02. The molecule has 0 spiro atoms. The van der Waals surface area contributed by atoms with E-state index in [1.165, 1.54) is 6.07 Å². The highest BCUT2D eigenvalue weighted by Crippen LogP contribution is 2.53. The van der Waals surface area contributed by atoms with Crippen molar-refractivity contribution in [3.8, 4) is 0 Å². The van der Waals surface area contributed by atoms with Gasteiger partial charge in [-0.15, -0.1) is 0 Å². The van der Waals surface area contributed by atoms with Crippen molar-refractivity contribution in [3.63, 3.8) is 0 Å². The molecule has 1 heterocycles. The highest BCUT2D eigenvalue weighted by Gasteiger charge is 2.59. The SMILES string of the molecule is NC1=N[C@@](CF)(c2cc(Br)ccc2F)C2CC2O1. The molecule has 2 unspecified atom stereocenters. The molecule has 1 aromatic carbocycles. The standard InChI is InChI=1S/C12H11BrF2N2O/c13-6-1-2-9(15)7(3-6)12(5-14)8-4-10(8)18-11(16)17-12/h1-3,8,10H,4-5H2,(H2,16,17)/t8?,10?,12-/m0/s1. The van der Waals surface area contributed by atoms with Crippen LogP contribution in [0, 0.1) is 11.7 Å². The Balaban J connectivity index is 2.16. The van der Waals surface area contributed by atoms with Gasteiger partial charge in [-0.25, -0.2) is 13.8 Å². The summed E-state index contributed by atoms with van der Waals surface area (Å²) in [6, 6.07) is 4.37. The fraction of sp³-hybridized carbons (Fsp3) is 0.417. The zero-order chi connectivity index (χ0) is 12.9. The number of fused-ring (bicyclic) bond motifs is 1. The molecule has 1 aliphatic carbocycles. The molecule has 3 nitrogen and oxygen atoms in total. The first-order chi connectivity index (χ1) is 8.56. The Labute approximate surface area is 111 Å². The quantitative estimate of drug-likeness (QED) is 0.911. The van der Waals surface area contributed by atoms with Crippen LogP contribution in [0.3, 0.4) is 0 Å². The molecule has 0 bridgehead atoms. The first kappa shape index (κ1) is 11.9. The van der Waals surface area contributed by atoms with E-state index in [2.05, 4.69) is 20.9 Å². The van der Waals surface area contributed by atoms with Crippen molar-refractivity contribution in [1.29, 1.82) is 0 Å². The predicted octanol–water partition coefficient (Wildman–Crippen LogP) is 2.49. The maximum Gasteiger partial charge on any atom is 0.283 e. The highest BCUT2D eigenvalue weighted by atomic mass is 79.9. The summed E-state index contributed by atoms with van der Waals surface area (Å²) >= 11 is 3.26. The van der Waals surface area contributed by atoms with Crippen molar-refractivity contribution in [2.75, 3.05) is 6.67 Å². The van der Waals surface area contributed by atoms with Gasteiger partial charge in [-0.05, 0) is 24.6 Å². The van der Waals surface area contributed by atoms with E-state index in [4.69, 9.17) is 10.5 Å². The number of nitrogens with two attached hydrogens (primary N) is 1. The maximum absolute atomic E-state index is 14.0. The minimum absolute atomic E-state index is 0.0641. The van der Waals surface area contributed by atoms with Gasteiger partial charge in [0.15, 0.2) is 0 Å². The van der Waals surface area contributed by atoms with Gasteiger partial charge < -0.3 is 10.5 Å². The van der Waals surface area contributed by atoms with Crippen LogP contribution in [-0.4, -0.2) is 18.8 Å². The third kappa shape index (κ3) is 1.62. The van der Waals surface area contributed by atoms with Crippen LogP contribution < -0.4 is 5.73 Å². The van der Waals surface area contributed by atoms with Crippen LogP contribution in [0.1, 0.15) is 12.0 Å². The van der Waals surface area contributed by atoms with Crippen LogP contribution in [0.2, 0.25) is 0 Å². The van der Waals surface area contributed by atoms with Crippen LogP contribution in [-0.2, 0) is 10.3 Å². The number of amidine groups is 1. The lowest BCUT2D eigenvalue weighted by Gasteiger charge is -2.31. The largest absolute Gasteiger partial charge is 0.462 e. The Morgan fingerprint density at radius 3 is 3.06 bits per heavy atom. The number of aliphatic imine (C=N–C) groups is 1. The van der Waals surface area contributed by atoms with Crippen LogP contribution in [0.4, 0.5) is 8.78 Å². The van der Waals surface area contributed by atoms with Gasteiger partial charge in [0.05, 0.1) is 0 Å². The molecule has 1 aromatic rings. The van der Waals surface area contributed by atoms with Crippen LogP contribution >= 0.6 is 15.9 Å². The van der Waals surface area contributed by atoms with E-state index in [0.29, 0.717) is 10.9 Å². The third-order valence-electron chi connectivity index (χ3n) is 3.53. The molecular weight excluding hydrogens is 306 g/mol. The number of hydrogen-bond donors (Lipinski definition) is 1. The number of rotatable bonds is 2. The van der Waals surface area contributed by atoms with Gasteiger partial charge in [-0.1, -0.05) is 15.9 Å². The van der Waals surface area contributed by atoms with Crippen molar-refractivity contribution in [2.45, 2.75) is 18.1 Å². The fourth-order valence-corrected chi connectivity index (χ4v) is 2.92. The summed E-state index contributed by atoms with van der Waals surface area (Å²) in [5.74, 6) is -0.612. The van der Waals surface area contributed by atoms with Crippen LogP contribution in [0.25, 0.3) is 0 Å². The van der Waals surface area contributed by atoms with Gasteiger partial charge in [0.25, 0.3) is 6.02 Å². The molecule has 0 amide bonds.